The summed E-state index contributed by atoms with van der Waals surface area (Å²) in [6, 6.07) is 0.398. The molecule has 3 rings (SSSR count). The highest BCUT2D eigenvalue weighted by molar-refractivity contribution is 5.91. The number of rotatable bonds is 3. The van der Waals surface area contributed by atoms with Crippen molar-refractivity contribution >= 4 is 11.7 Å². The summed E-state index contributed by atoms with van der Waals surface area (Å²) in [5, 5.41) is 2.60. The number of urea groups is 1. The Bertz CT molecular complexity index is 620. The zero-order valence-electron chi connectivity index (χ0n) is 13.1. The van der Waals surface area contributed by atoms with E-state index in [9.17, 15) is 18.0 Å². The number of pyridine rings is 1. The molecule has 9 heteroatoms. The summed E-state index contributed by atoms with van der Waals surface area (Å²) in [6.45, 7) is 1.38. The van der Waals surface area contributed by atoms with Gasteiger partial charge in [-0.1, -0.05) is 0 Å². The van der Waals surface area contributed by atoms with Crippen molar-refractivity contribution in [2.75, 3.05) is 32.2 Å². The van der Waals surface area contributed by atoms with Gasteiger partial charge in [0.05, 0.1) is 32.6 Å². The zero-order valence-corrected chi connectivity index (χ0v) is 13.1. The van der Waals surface area contributed by atoms with E-state index in [1.807, 2.05) is 0 Å². The van der Waals surface area contributed by atoms with Gasteiger partial charge in [0, 0.05) is 12.6 Å². The average molecular weight is 345 g/mol. The van der Waals surface area contributed by atoms with Crippen molar-refractivity contribution in [3.05, 3.63) is 18.0 Å². The van der Waals surface area contributed by atoms with Gasteiger partial charge in [0.25, 0.3) is 0 Å². The first kappa shape index (κ1) is 16.8. The van der Waals surface area contributed by atoms with E-state index in [1.165, 1.54) is 7.11 Å². The van der Waals surface area contributed by atoms with Gasteiger partial charge in [-0.15, -0.1) is 0 Å². The van der Waals surface area contributed by atoms with Crippen molar-refractivity contribution in [1.82, 2.24) is 9.88 Å². The summed E-state index contributed by atoms with van der Waals surface area (Å²) in [4.78, 5) is 17.6. The normalized spacial score (nSPS) is 21.5. The number of methoxy groups -OCH3 is 1. The summed E-state index contributed by atoms with van der Waals surface area (Å²) in [7, 11) is 1.24. The molecule has 1 aliphatic carbocycles. The number of hydrogen-bond acceptors (Lipinski definition) is 4. The number of amides is 2. The Morgan fingerprint density at radius 2 is 2.21 bits per heavy atom. The van der Waals surface area contributed by atoms with Crippen LogP contribution in [0.15, 0.2) is 12.3 Å². The summed E-state index contributed by atoms with van der Waals surface area (Å²) < 4.78 is 48.5. The van der Waals surface area contributed by atoms with Crippen LogP contribution in [-0.2, 0) is 10.9 Å². The molecule has 2 amide bonds. The molecule has 132 valence electrons. The van der Waals surface area contributed by atoms with Gasteiger partial charge in [-0.2, -0.15) is 13.2 Å². The van der Waals surface area contributed by atoms with Gasteiger partial charge in [-0.25, -0.2) is 9.78 Å². The number of alkyl halides is 3. The van der Waals surface area contributed by atoms with E-state index in [1.54, 1.807) is 4.90 Å². The summed E-state index contributed by atoms with van der Waals surface area (Å²) in [5.41, 5.74) is -0.962. The van der Waals surface area contributed by atoms with E-state index in [0.29, 0.717) is 25.7 Å². The highest BCUT2D eigenvalue weighted by atomic mass is 19.4. The van der Waals surface area contributed by atoms with E-state index in [0.717, 1.165) is 25.1 Å². The van der Waals surface area contributed by atoms with E-state index < -0.39 is 11.9 Å². The molecule has 0 aromatic carbocycles. The van der Waals surface area contributed by atoms with Gasteiger partial charge in [-0.3, -0.25) is 0 Å². The molecule has 2 aliphatic rings. The average Bonchev–Trinajstić information content (AvgIpc) is 3.39. The number of anilines is 1. The number of nitrogens with one attached hydrogen (secondary N) is 1. The number of hydrogen-bond donors (Lipinski definition) is 1. The van der Waals surface area contributed by atoms with Crippen molar-refractivity contribution in [2.24, 2.45) is 5.92 Å². The smallest absolute Gasteiger partial charge is 0.433 e. The Labute approximate surface area is 136 Å². The maximum absolute atomic E-state index is 12.7. The standard InChI is InChI=1S/C15H18F3N3O3/c1-23-12-6-13(15(16,17)18)19-7-10(12)20-14(22)21-4-5-24-8-11(21)9-2-3-9/h6-7,9,11H,2-5,8H2,1H3,(H,20,22)/t11-/m0/s1. The van der Waals surface area contributed by atoms with Gasteiger partial charge in [0.15, 0.2) is 0 Å². The third-order valence-electron chi connectivity index (χ3n) is 4.21. The molecule has 0 unspecified atom stereocenters. The lowest BCUT2D eigenvalue weighted by molar-refractivity contribution is -0.141. The molecular formula is C15H18F3N3O3. The van der Waals surface area contributed by atoms with Crippen molar-refractivity contribution in [3.63, 3.8) is 0 Å². The number of ether oxygens (including phenoxy) is 2. The molecule has 0 spiro atoms. The maximum atomic E-state index is 12.7. The first-order valence-corrected chi connectivity index (χ1v) is 7.66. The Morgan fingerprint density at radius 1 is 1.46 bits per heavy atom. The van der Waals surface area contributed by atoms with Crippen LogP contribution in [0.25, 0.3) is 0 Å². The van der Waals surface area contributed by atoms with Crippen LogP contribution in [0.5, 0.6) is 5.75 Å². The van der Waals surface area contributed by atoms with E-state index in [-0.39, 0.29) is 23.5 Å². The SMILES string of the molecule is COc1cc(C(F)(F)F)ncc1NC(=O)N1CCOC[C@H]1C1CC1. The molecule has 0 bridgehead atoms. The van der Waals surface area contributed by atoms with Crippen molar-refractivity contribution in [3.8, 4) is 5.75 Å². The number of aromatic nitrogens is 1. The van der Waals surface area contributed by atoms with Gasteiger partial charge >= 0.3 is 12.2 Å². The second kappa shape index (κ2) is 6.46. The minimum atomic E-state index is -4.57. The minimum absolute atomic E-state index is 0.00662. The first-order chi connectivity index (χ1) is 11.4. The predicted molar refractivity (Wildman–Crippen MR) is 78.8 cm³/mol. The Balaban J connectivity index is 1.75. The number of carbonyl (C=O) groups excluding carboxylic acids is 1. The molecule has 1 atom stereocenters. The summed E-state index contributed by atoms with van der Waals surface area (Å²) in [5.74, 6) is 0.352. The van der Waals surface area contributed by atoms with Gasteiger partial charge in [-0.05, 0) is 18.8 Å². The third-order valence-corrected chi connectivity index (χ3v) is 4.21. The zero-order chi connectivity index (χ0) is 17.3. The Kier molecular flexibility index (Phi) is 4.53. The number of nitrogens with zero attached hydrogens (tertiary/aromatic N) is 2. The largest absolute Gasteiger partial charge is 0.494 e. The van der Waals surface area contributed by atoms with Crippen molar-refractivity contribution in [1.29, 1.82) is 0 Å². The highest BCUT2D eigenvalue weighted by Gasteiger charge is 2.39. The second-order valence-corrected chi connectivity index (χ2v) is 5.87. The quantitative estimate of drug-likeness (QED) is 0.915. The fourth-order valence-corrected chi connectivity index (χ4v) is 2.79. The molecule has 1 aromatic rings. The van der Waals surface area contributed by atoms with Gasteiger partial charge in [0.2, 0.25) is 0 Å². The van der Waals surface area contributed by atoms with Crippen LogP contribution in [0.2, 0.25) is 0 Å². The molecular weight excluding hydrogens is 327 g/mol. The molecule has 24 heavy (non-hydrogen) atoms. The lowest BCUT2D eigenvalue weighted by Crippen LogP contribution is -2.51. The molecule has 1 aliphatic heterocycles. The topological polar surface area (TPSA) is 63.7 Å². The first-order valence-electron chi connectivity index (χ1n) is 7.66. The van der Waals surface area contributed by atoms with Crippen molar-refractivity contribution < 1.29 is 27.4 Å². The molecule has 1 aromatic heterocycles. The van der Waals surface area contributed by atoms with Crippen LogP contribution in [-0.4, -0.2) is 48.8 Å². The van der Waals surface area contributed by atoms with Crippen LogP contribution in [0.4, 0.5) is 23.7 Å². The molecule has 6 nitrogen and oxygen atoms in total. The lowest BCUT2D eigenvalue weighted by Gasteiger charge is -2.35. The molecule has 0 radical (unpaired) electrons. The fraction of sp³-hybridized carbons (Fsp3) is 0.600. The third kappa shape index (κ3) is 3.55. The van der Waals surface area contributed by atoms with E-state index >= 15 is 0 Å². The summed E-state index contributed by atoms with van der Waals surface area (Å²) in [6.07, 6.45) is -1.49. The molecule has 1 N–H and O–H groups in total. The Hall–Kier alpha value is -2.03. The van der Waals surface area contributed by atoms with E-state index in [4.69, 9.17) is 9.47 Å². The highest BCUT2D eigenvalue weighted by Crippen LogP contribution is 2.37. The van der Waals surface area contributed by atoms with E-state index in [2.05, 4.69) is 10.3 Å². The Morgan fingerprint density at radius 3 is 2.83 bits per heavy atom. The number of halogens is 3. The van der Waals surface area contributed by atoms with Gasteiger partial charge < -0.3 is 19.7 Å². The minimum Gasteiger partial charge on any atom is -0.494 e. The second-order valence-electron chi connectivity index (χ2n) is 5.87. The van der Waals surface area contributed by atoms with Crippen LogP contribution in [0, 0.1) is 5.92 Å². The predicted octanol–water partition coefficient (Wildman–Crippen LogP) is 2.75. The molecule has 1 saturated heterocycles. The van der Waals surface area contributed by atoms with Crippen molar-refractivity contribution in [2.45, 2.75) is 25.1 Å². The fourth-order valence-electron chi connectivity index (χ4n) is 2.79. The molecule has 2 fully saturated rings. The van der Waals surface area contributed by atoms with Gasteiger partial charge in [0.1, 0.15) is 17.1 Å². The van der Waals surface area contributed by atoms with Crippen LogP contribution < -0.4 is 10.1 Å². The molecule has 2 heterocycles. The van der Waals surface area contributed by atoms with Crippen LogP contribution >= 0.6 is 0 Å². The summed E-state index contributed by atoms with van der Waals surface area (Å²) >= 11 is 0. The molecule has 1 saturated carbocycles. The monoisotopic (exact) mass is 345 g/mol. The number of morpholine rings is 1. The van der Waals surface area contributed by atoms with Crippen LogP contribution in [0.3, 0.4) is 0 Å². The van der Waals surface area contributed by atoms with Crippen LogP contribution in [0.1, 0.15) is 18.5 Å². The lowest BCUT2D eigenvalue weighted by atomic mass is 10.1. The maximum Gasteiger partial charge on any atom is 0.433 e. The number of carbonyl (C=O) groups is 1.